The van der Waals surface area contributed by atoms with Gasteiger partial charge in [-0.05, 0) is 37.5 Å². The fourth-order valence-electron chi connectivity index (χ4n) is 10.00. The van der Waals surface area contributed by atoms with Crippen LogP contribution in [0.3, 0.4) is 0 Å². The van der Waals surface area contributed by atoms with Gasteiger partial charge in [-0.15, -0.1) is 0 Å². The molecule has 0 aliphatic heterocycles. The summed E-state index contributed by atoms with van der Waals surface area (Å²) in [6, 6.07) is 0. The number of ether oxygens (including phenoxy) is 4. The molecule has 7 atom stereocenters. The number of hydrogen-bond acceptors (Lipinski definition) is 15. The predicted molar refractivity (Wildman–Crippen MR) is 345 cm³/mol. The van der Waals surface area contributed by atoms with Crippen LogP contribution in [-0.4, -0.2) is 96.7 Å². The monoisotopic (exact) mass is 1270 g/mol. The molecule has 0 saturated carbocycles. The third-order valence-electron chi connectivity index (χ3n) is 16.2. The first-order valence-corrected chi connectivity index (χ1v) is 38.1. The SMILES string of the molecule is CCCCCCCCCCCCCCCCCC(=O)O[C@H](COC(=O)CCCCCCCCCCCCC)COP(=O)(O)OC[C@@H](O)COP(=O)(O)OC[C@@H](COC(=O)CCCCCCCCC(C)CC)OC(=O)CCCCCCCCC(C)CC. The maximum absolute atomic E-state index is 13.0. The van der Waals surface area contributed by atoms with E-state index in [2.05, 4.69) is 41.5 Å². The van der Waals surface area contributed by atoms with E-state index in [1.807, 2.05) is 0 Å². The maximum atomic E-state index is 13.0. The lowest BCUT2D eigenvalue weighted by Gasteiger charge is -2.21. The Morgan fingerprint density at radius 2 is 0.558 bits per heavy atom. The lowest BCUT2D eigenvalue weighted by Crippen LogP contribution is -2.30. The first-order chi connectivity index (χ1) is 41.4. The van der Waals surface area contributed by atoms with Crippen molar-refractivity contribution in [1.29, 1.82) is 0 Å². The van der Waals surface area contributed by atoms with Gasteiger partial charge in [-0.1, -0.05) is 286 Å². The van der Waals surface area contributed by atoms with Crippen LogP contribution < -0.4 is 0 Å². The van der Waals surface area contributed by atoms with Crippen molar-refractivity contribution in [2.75, 3.05) is 39.6 Å². The molecule has 0 amide bonds. The van der Waals surface area contributed by atoms with Gasteiger partial charge in [0.25, 0.3) is 0 Å². The standard InChI is InChI=1S/C67H130O17P2/c1-7-11-13-15-17-19-21-22-23-24-26-28-30-39-45-51-66(71)83-62(55-77-64(69)49-43-37-29-27-25-20-18-16-14-12-8-2)57-81-85(73,74)79-53-61(68)54-80-86(75,76)82-58-63(84-67(72)52-46-40-34-32-36-42-48-60(6)10-4)56-78-65(70)50-44-38-33-31-35-41-47-59(5)9-3/h59-63,68H,7-58H2,1-6H3,(H,73,74)(H,75,76)/t59?,60?,61-,62-,63-/m1/s1. The number of rotatable bonds is 66. The molecule has 0 radical (unpaired) electrons. The second kappa shape index (κ2) is 59.4. The molecule has 0 heterocycles. The van der Waals surface area contributed by atoms with Gasteiger partial charge in [0.1, 0.15) is 19.3 Å². The Hall–Kier alpha value is -1.94. The Morgan fingerprint density at radius 3 is 0.826 bits per heavy atom. The summed E-state index contributed by atoms with van der Waals surface area (Å²) in [6.07, 6.45) is 43.0. The molecule has 0 rings (SSSR count). The van der Waals surface area contributed by atoms with E-state index in [4.69, 9.17) is 37.0 Å². The van der Waals surface area contributed by atoms with Crippen molar-refractivity contribution in [1.82, 2.24) is 0 Å². The molecule has 0 aliphatic carbocycles. The molecule has 0 aromatic carbocycles. The first kappa shape index (κ1) is 84.1. The molecule has 86 heavy (non-hydrogen) atoms. The summed E-state index contributed by atoms with van der Waals surface area (Å²) < 4.78 is 68.1. The second-order valence-corrected chi connectivity index (χ2v) is 27.6. The summed E-state index contributed by atoms with van der Waals surface area (Å²) in [5.74, 6) is -0.680. The van der Waals surface area contributed by atoms with Gasteiger partial charge in [0.05, 0.1) is 26.4 Å². The third-order valence-corrected chi connectivity index (χ3v) is 18.1. The van der Waals surface area contributed by atoms with Crippen LogP contribution in [0.15, 0.2) is 0 Å². The molecule has 0 saturated heterocycles. The zero-order chi connectivity index (χ0) is 63.6. The van der Waals surface area contributed by atoms with E-state index < -0.39 is 97.5 Å². The number of aliphatic hydroxyl groups is 1. The number of phosphoric ester groups is 2. The first-order valence-electron chi connectivity index (χ1n) is 35.1. The van der Waals surface area contributed by atoms with E-state index in [9.17, 15) is 43.2 Å². The van der Waals surface area contributed by atoms with Gasteiger partial charge in [0.15, 0.2) is 12.2 Å². The van der Waals surface area contributed by atoms with Gasteiger partial charge >= 0.3 is 39.5 Å². The Morgan fingerprint density at radius 1 is 0.326 bits per heavy atom. The van der Waals surface area contributed by atoms with Gasteiger partial charge in [-0.2, -0.15) is 0 Å². The number of aliphatic hydroxyl groups excluding tert-OH is 1. The molecule has 0 aliphatic rings. The fourth-order valence-corrected chi connectivity index (χ4v) is 11.6. The Labute approximate surface area is 524 Å². The van der Waals surface area contributed by atoms with Gasteiger partial charge < -0.3 is 33.8 Å². The highest BCUT2D eigenvalue weighted by molar-refractivity contribution is 7.47. The number of carbonyl (C=O) groups is 4. The van der Waals surface area contributed by atoms with E-state index in [1.54, 1.807) is 0 Å². The molecular formula is C67H130O17P2. The van der Waals surface area contributed by atoms with Crippen molar-refractivity contribution in [3.63, 3.8) is 0 Å². The molecule has 510 valence electrons. The summed E-state index contributed by atoms with van der Waals surface area (Å²) in [5, 5.41) is 10.6. The van der Waals surface area contributed by atoms with Crippen LogP contribution in [0.25, 0.3) is 0 Å². The molecule has 19 heteroatoms. The average molecular weight is 1270 g/mol. The molecule has 3 N–H and O–H groups in total. The van der Waals surface area contributed by atoms with Crippen LogP contribution in [-0.2, 0) is 65.4 Å². The van der Waals surface area contributed by atoms with Crippen molar-refractivity contribution in [3.8, 4) is 0 Å². The van der Waals surface area contributed by atoms with Crippen molar-refractivity contribution >= 4 is 39.5 Å². The van der Waals surface area contributed by atoms with Crippen LogP contribution >= 0.6 is 15.6 Å². The molecular weight excluding hydrogens is 1140 g/mol. The van der Waals surface area contributed by atoms with Crippen LogP contribution in [0.4, 0.5) is 0 Å². The molecule has 0 fully saturated rings. The maximum Gasteiger partial charge on any atom is 0.472 e. The number of carbonyl (C=O) groups excluding carboxylic acids is 4. The number of hydrogen-bond donors (Lipinski definition) is 3. The van der Waals surface area contributed by atoms with E-state index in [-0.39, 0.29) is 25.7 Å². The second-order valence-electron chi connectivity index (χ2n) is 24.7. The van der Waals surface area contributed by atoms with Gasteiger partial charge in [-0.3, -0.25) is 37.3 Å². The Bertz CT molecular complexity index is 1690. The minimum absolute atomic E-state index is 0.102. The highest BCUT2D eigenvalue weighted by Crippen LogP contribution is 2.45. The smallest absolute Gasteiger partial charge is 0.462 e. The van der Waals surface area contributed by atoms with E-state index in [0.29, 0.717) is 25.7 Å². The highest BCUT2D eigenvalue weighted by Gasteiger charge is 2.30. The van der Waals surface area contributed by atoms with E-state index >= 15 is 0 Å². The van der Waals surface area contributed by atoms with Crippen molar-refractivity contribution in [2.24, 2.45) is 11.8 Å². The van der Waals surface area contributed by atoms with Gasteiger partial charge in [0.2, 0.25) is 0 Å². The quantitative estimate of drug-likeness (QED) is 0.0222. The topological polar surface area (TPSA) is 237 Å². The Kier molecular flexibility index (Phi) is 58.0. The van der Waals surface area contributed by atoms with Crippen LogP contribution in [0.1, 0.15) is 337 Å². The molecule has 0 aromatic heterocycles. The lowest BCUT2D eigenvalue weighted by atomic mass is 10.00. The predicted octanol–water partition coefficient (Wildman–Crippen LogP) is 18.8. The van der Waals surface area contributed by atoms with Crippen molar-refractivity contribution in [3.05, 3.63) is 0 Å². The molecule has 0 spiro atoms. The largest absolute Gasteiger partial charge is 0.472 e. The average Bonchev–Trinajstić information content (AvgIpc) is 3.69. The van der Waals surface area contributed by atoms with Gasteiger partial charge in [-0.25, -0.2) is 9.13 Å². The molecule has 4 unspecified atom stereocenters. The molecule has 17 nitrogen and oxygen atoms in total. The van der Waals surface area contributed by atoms with E-state index in [0.717, 1.165) is 108 Å². The summed E-state index contributed by atoms with van der Waals surface area (Å²) in [7, 11) is -9.89. The zero-order valence-corrected chi connectivity index (χ0v) is 57.4. The number of unbranched alkanes of at least 4 members (excludes halogenated alkanes) is 34. The minimum Gasteiger partial charge on any atom is -0.462 e. The lowest BCUT2D eigenvalue weighted by molar-refractivity contribution is -0.161. The van der Waals surface area contributed by atoms with Crippen molar-refractivity contribution < 1.29 is 80.2 Å². The fraction of sp³-hybridized carbons (Fsp3) is 0.940. The number of phosphoric acid groups is 2. The van der Waals surface area contributed by atoms with E-state index in [1.165, 1.54) is 148 Å². The van der Waals surface area contributed by atoms with Crippen LogP contribution in [0.2, 0.25) is 0 Å². The number of esters is 4. The molecule has 0 aromatic rings. The summed E-state index contributed by atoms with van der Waals surface area (Å²) in [6.45, 7) is 9.43. The minimum atomic E-state index is -4.95. The zero-order valence-electron chi connectivity index (χ0n) is 55.6. The van der Waals surface area contributed by atoms with Crippen LogP contribution in [0.5, 0.6) is 0 Å². The molecule has 0 bridgehead atoms. The third kappa shape index (κ3) is 58.4. The Balaban J connectivity index is 5.25. The van der Waals surface area contributed by atoms with Gasteiger partial charge in [0, 0.05) is 25.7 Å². The van der Waals surface area contributed by atoms with Crippen LogP contribution in [0, 0.1) is 11.8 Å². The highest BCUT2D eigenvalue weighted by atomic mass is 31.2. The summed E-state index contributed by atoms with van der Waals surface area (Å²) in [4.78, 5) is 72.4. The van der Waals surface area contributed by atoms with Crippen molar-refractivity contribution in [2.45, 2.75) is 355 Å². The normalized spacial score (nSPS) is 14.8. The summed E-state index contributed by atoms with van der Waals surface area (Å²) in [5.41, 5.74) is 0. The summed E-state index contributed by atoms with van der Waals surface area (Å²) >= 11 is 0.